The van der Waals surface area contributed by atoms with Crippen molar-refractivity contribution in [1.29, 1.82) is 0 Å². The smallest absolute Gasteiger partial charge is 0.234 e. The van der Waals surface area contributed by atoms with Gasteiger partial charge in [0.1, 0.15) is 5.82 Å². The Bertz CT molecular complexity index is 708. The number of hydrogen-bond donors (Lipinski definition) is 1. The van der Waals surface area contributed by atoms with Gasteiger partial charge in [0.25, 0.3) is 0 Å². The molecule has 25 heavy (non-hydrogen) atoms. The van der Waals surface area contributed by atoms with Crippen molar-refractivity contribution in [3.05, 3.63) is 35.2 Å². The Morgan fingerprint density at radius 3 is 2.56 bits per heavy atom. The van der Waals surface area contributed by atoms with E-state index in [-0.39, 0.29) is 17.6 Å². The molecule has 1 N–H and O–H groups in total. The van der Waals surface area contributed by atoms with Crippen molar-refractivity contribution in [2.75, 3.05) is 24.8 Å². The van der Waals surface area contributed by atoms with Crippen molar-refractivity contribution in [3.63, 3.8) is 0 Å². The van der Waals surface area contributed by atoms with E-state index in [0.29, 0.717) is 13.2 Å². The van der Waals surface area contributed by atoms with Crippen LogP contribution in [0.3, 0.4) is 0 Å². The molecule has 0 spiro atoms. The second-order valence-corrected chi connectivity index (χ2v) is 7.19. The minimum absolute atomic E-state index is 0.0465. The van der Waals surface area contributed by atoms with Crippen LogP contribution < -0.4 is 5.32 Å². The number of anilines is 1. The molecule has 2 aromatic rings. The van der Waals surface area contributed by atoms with Gasteiger partial charge in [-0.2, -0.15) is 0 Å². The summed E-state index contributed by atoms with van der Waals surface area (Å²) in [6.07, 6.45) is 0. The highest BCUT2D eigenvalue weighted by Gasteiger charge is 2.16. The fourth-order valence-electron chi connectivity index (χ4n) is 2.54. The molecule has 136 valence electrons. The second kappa shape index (κ2) is 9.01. The first-order chi connectivity index (χ1) is 11.9. The summed E-state index contributed by atoms with van der Waals surface area (Å²) in [5.74, 6) is 1.42. The summed E-state index contributed by atoms with van der Waals surface area (Å²) in [5, 5.41) is 12.3. The van der Waals surface area contributed by atoms with Gasteiger partial charge in [-0.1, -0.05) is 43.8 Å². The van der Waals surface area contributed by atoms with Crippen LogP contribution in [-0.2, 0) is 16.1 Å². The number of methoxy groups -OCH3 is 1. The van der Waals surface area contributed by atoms with Crippen LogP contribution in [0.5, 0.6) is 0 Å². The number of carbonyl (C=O) groups excluding carboxylic acids is 1. The fraction of sp³-hybridized carbons (Fsp3) is 0.500. The number of carbonyl (C=O) groups is 1. The maximum atomic E-state index is 12.3. The fourth-order valence-corrected chi connectivity index (χ4v) is 3.32. The van der Waals surface area contributed by atoms with E-state index in [2.05, 4.69) is 29.4 Å². The first kappa shape index (κ1) is 19.5. The van der Waals surface area contributed by atoms with Crippen LogP contribution in [0.2, 0.25) is 0 Å². The highest BCUT2D eigenvalue weighted by atomic mass is 32.2. The number of aryl methyl sites for hydroxylation is 2. The van der Waals surface area contributed by atoms with Crippen LogP contribution in [0.15, 0.2) is 23.4 Å². The molecule has 0 aliphatic rings. The molecule has 1 heterocycles. The van der Waals surface area contributed by atoms with Gasteiger partial charge in [0.05, 0.1) is 12.4 Å². The summed E-state index contributed by atoms with van der Waals surface area (Å²) in [7, 11) is 1.67. The molecule has 0 radical (unpaired) electrons. The summed E-state index contributed by atoms with van der Waals surface area (Å²) in [5.41, 5.74) is 3.00. The molecule has 0 aliphatic carbocycles. The number of ether oxygens (including phenoxy) is 1. The van der Waals surface area contributed by atoms with E-state index in [1.807, 2.05) is 36.6 Å². The molecule has 1 aromatic carbocycles. The maximum absolute atomic E-state index is 12.3. The van der Waals surface area contributed by atoms with Crippen molar-refractivity contribution in [1.82, 2.24) is 14.8 Å². The minimum Gasteiger partial charge on any atom is -0.383 e. The Morgan fingerprint density at radius 1 is 1.28 bits per heavy atom. The minimum atomic E-state index is -0.0465. The third-order valence-corrected chi connectivity index (χ3v) is 4.83. The van der Waals surface area contributed by atoms with Gasteiger partial charge in [-0.25, -0.2) is 0 Å². The quantitative estimate of drug-likeness (QED) is 0.729. The molecular weight excluding hydrogens is 336 g/mol. The zero-order valence-corrected chi connectivity index (χ0v) is 16.3. The topological polar surface area (TPSA) is 69.0 Å². The average Bonchev–Trinajstić information content (AvgIpc) is 2.97. The molecule has 0 atom stereocenters. The van der Waals surface area contributed by atoms with Gasteiger partial charge in [-0.15, -0.1) is 10.2 Å². The molecule has 7 heteroatoms. The molecule has 0 bridgehead atoms. The largest absolute Gasteiger partial charge is 0.383 e. The Hall–Kier alpha value is -1.86. The van der Waals surface area contributed by atoms with Crippen molar-refractivity contribution >= 4 is 23.4 Å². The Morgan fingerprint density at radius 2 is 1.96 bits per heavy atom. The highest BCUT2D eigenvalue weighted by molar-refractivity contribution is 7.99. The van der Waals surface area contributed by atoms with Crippen molar-refractivity contribution in [3.8, 4) is 0 Å². The molecular formula is C18H26N4O2S. The van der Waals surface area contributed by atoms with Crippen LogP contribution in [0, 0.1) is 13.8 Å². The lowest BCUT2D eigenvalue weighted by molar-refractivity contribution is -0.113. The summed E-state index contributed by atoms with van der Waals surface area (Å²) < 4.78 is 7.20. The third kappa shape index (κ3) is 5.06. The van der Waals surface area contributed by atoms with Crippen molar-refractivity contribution in [2.45, 2.75) is 45.3 Å². The Labute approximate surface area is 153 Å². The number of thioether (sulfide) groups is 1. The number of rotatable bonds is 8. The third-order valence-electron chi connectivity index (χ3n) is 3.86. The molecule has 2 rings (SSSR count). The maximum Gasteiger partial charge on any atom is 0.234 e. The summed E-state index contributed by atoms with van der Waals surface area (Å²) >= 11 is 1.40. The van der Waals surface area contributed by atoms with Gasteiger partial charge in [0.2, 0.25) is 5.91 Å². The molecule has 6 nitrogen and oxygen atoms in total. The average molecular weight is 362 g/mol. The van der Waals surface area contributed by atoms with E-state index < -0.39 is 0 Å². The number of para-hydroxylation sites is 1. The first-order valence-corrected chi connectivity index (χ1v) is 9.33. The van der Waals surface area contributed by atoms with E-state index in [1.165, 1.54) is 11.8 Å². The Kier molecular flexibility index (Phi) is 7.01. The Balaban J connectivity index is 2.04. The summed E-state index contributed by atoms with van der Waals surface area (Å²) in [6, 6.07) is 5.97. The van der Waals surface area contributed by atoms with Crippen LogP contribution >= 0.6 is 11.8 Å². The molecule has 0 fully saturated rings. The van der Waals surface area contributed by atoms with E-state index in [4.69, 9.17) is 4.74 Å². The number of aromatic nitrogens is 3. The van der Waals surface area contributed by atoms with Crippen LogP contribution in [0.25, 0.3) is 0 Å². The second-order valence-electron chi connectivity index (χ2n) is 6.24. The number of benzene rings is 1. The van der Waals surface area contributed by atoms with Gasteiger partial charge >= 0.3 is 0 Å². The zero-order valence-electron chi connectivity index (χ0n) is 15.5. The highest BCUT2D eigenvalue weighted by Crippen LogP contribution is 2.23. The monoisotopic (exact) mass is 362 g/mol. The van der Waals surface area contributed by atoms with Crippen molar-refractivity contribution < 1.29 is 9.53 Å². The number of nitrogens with zero attached hydrogens (tertiary/aromatic N) is 3. The van der Waals surface area contributed by atoms with E-state index in [1.54, 1.807) is 7.11 Å². The lowest BCUT2D eigenvalue weighted by atomic mass is 10.1. The lowest BCUT2D eigenvalue weighted by Gasteiger charge is -2.12. The van der Waals surface area contributed by atoms with Gasteiger partial charge in [-0.05, 0) is 25.0 Å². The number of hydrogen-bond acceptors (Lipinski definition) is 5. The van der Waals surface area contributed by atoms with Crippen LogP contribution in [-0.4, -0.2) is 40.1 Å². The number of amides is 1. The first-order valence-electron chi connectivity index (χ1n) is 8.35. The molecule has 1 amide bonds. The van der Waals surface area contributed by atoms with E-state index in [0.717, 1.165) is 27.8 Å². The number of nitrogens with one attached hydrogen (secondary N) is 1. The normalized spacial score (nSPS) is 11.1. The summed E-state index contributed by atoms with van der Waals surface area (Å²) in [4.78, 5) is 12.3. The molecule has 0 aliphatic heterocycles. The lowest BCUT2D eigenvalue weighted by Crippen LogP contribution is -2.17. The van der Waals surface area contributed by atoms with Gasteiger partial charge in [-0.3, -0.25) is 4.79 Å². The molecule has 1 aromatic heterocycles. The van der Waals surface area contributed by atoms with Crippen molar-refractivity contribution in [2.24, 2.45) is 0 Å². The molecule has 0 saturated heterocycles. The predicted octanol–water partition coefficient (Wildman–Crippen LogP) is 3.40. The standard InChI is InChI=1S/C18H26N4O2S/c1-12(2)17-20-21-18(22(17)9-10-24-5)25-11-15(23)19-16-13(3)7-6-8-14(16)4/h6-8,12H,9-11H2,1-5H3,(H,19,23). The zero-order chi connectivity index (χ0) is 18.4. The molecule has 0 saturated carbocycles. The van der Waals surface area contributed by atoms with E-state index in [9.17, 15) is 4.79 Å². The SMILES string of the molecule is COCCn1c(SCC(=O)Nc2c(C)cccc2C)nnc1C(C)C. The van der Waals surface area contributed by atoms with E-state index >= 15 is 0 Å². The van der Waals surface area contributed by atoms with Crippen LogP contribution in [0.4, 0.5) is 5.69 Å². The summed E-state index contributed by atoms with van der Waals surface area (Å²) in [6.45, 7) is 9.40. The predicted molar refractivity (Wildman–Crippen MR) is 101 cm³/mol. The van der Waals surface area contributed by atoms with Gasteiger partial charge in [0, 0.05) is 25.3 Å². The molecule has 0 unspecified atom stereocenters. The van der Waals surface area contributed by atoms with Crippen LogP contribution in [0.1, 0.15) is 36.7 Å². The van der Waals surface area contributed by atoms with Gasteiger partial charge in [0.15, 0.2) is 5.16 Å². The van der Waals surface area contributed by atoms with Gasteiger partial charge < -0.3 is 14.6 Å².